The van der Waals surface area contributed by atoms with E-state index in [9.17, 15) is 8.42 Å². The minimum absolute atomic E-state index is 0.164. The van der Waals surface area contributed by atoms with Crippen LogP contribution in [0, 0.1) is 23.7 Å². The molecule has 132 valence electrons. The summed E-state index contributed by atoms with van der Waals surface area (Å²) < 4.78 is 28.8. The number of sulfonamides is 1. The molecule has 3 nitrogen and oxygen atoms in total. The standard InChI is InChI=1S/C20H29NO2S/c1-3-13(2)16-4-6-19(7-5-16)24(22,23)21-20-17-9-14-8-15(11-17)12-18(20)10-14/h4-7,13-15,17-18,20-21H,3,8-12H2,1-2H3. The maximum atomic E-state index is 12.9. The lowest BCUT2D eigenvalue weighted by atomic mass is 9.54. The van der Waals surface area contributed by atoms with Crippen molar-refractivity contribution >= 4 is 10.0 Å². The number of nitrogens with one attached hydrogen (secondary N) is 1. The summed E-state index contributed by atoms with van der Waals surface area (Å²) >= 11 is 0. The second-order valence-electron chi connectivity index (χ2n) is 8.46. The van der Waals surface area contributed by atoms with Crippen LogP contribution in [-0.2, 0) is 10.0 Å². The quantitative estimate of drug-likeness (QED) is 0.863. The Labute approximate surface area is 146 Å². The summed E-state index contributed by atoms with van der Waals surface area (Å²) in [6.07, 6.45) is 7.38. The van der Waals surface area contributed by atoms with Crippen LogP contribution in [-0.4, -0.2) is 14.5 Å². The Morgan fingerprint density at radius 3 is 2.04 bits per heavy atom. The molecule has 4 bridgehead atoms. The van der Waals surface area contributed by atoms with E-state index in [1.807, 2.05) is 12.1 Å². The highest BCUT2D eigenvalue weighted by molar-refractivity contribution is 7.89. The predicted molar refractivity (Wildman–Crippen MR) is 96.3 cm³/mol. The Morgan fingerprint density at radius 2 is 1.54 bits per heavy atom. The third kappa shape index (κ3) is 2.92. The molecule has 1 aromatic rings. The van der Waals surface area contributed by atoms with Crippen LogP contribution in [0.25, 0.3) is 0 Å². The molecule has 4 saturated carbocycles. The average molecular weight is 348 g/mol. The molecule has 0 aromatic heterocycles. The van der Waals surface area contributed by atoms with Gasteiger partial charge in [0.1, 0.15) is 0 Å². The molecule has 0 saturated heterocycles. The van der Waals surface area contributed by atoms with Gasteiger partial charge in [0.25, 0.3) is 0 Å². The first-order valence-electron chi connectivity index (χ1n) is 9.58. The zero-order valence-corrected chi connectivity index (χ0v) is 15.6. The minimum Gasteiger partial charge on any atom is -0.208 e. The molecule has 1 atom stereocenters. The molecular formula is C20H29NO2S. The van der Waals surface area contributed by atoms with E-state index in [2.05, 4.69) is 18.6 Å². The Hall–Kier alpha value is -0.870. The van der Waals surface area contributed by atoms with Crippen molar-refractivity contribution in [2.75, 3.05) is 0 Å². The highest BCUT2D eigenvalue weighted by Gasteiger charge is 2.49. The van der Waals surface area contributed by atoms with Gasteiger partial charge in [0.15, 0.2) is 0 Å². The Kier molecular flexibility index (Phi) is 4.24. The Balaban J connectivity index is 1.51. The third-order valence-corrected chi connectivity index (χ3v) is 8.37. The second kappa shape index (κ2) is 6.14. The van der Waals surface area contributed by atoms with Crippen molar-refractivity contribution in [3.8, 4) is 0 Å². The summed E-state index contributed by atoms with van der Waals surface area (Å²) in [5.41, 5.74) is 1.21. The first kappa shape index (κ1) is 16.6. The maximum absolute atomic E-state index is 12.9. The molecule has 1 unspecified atom stereocenters. The van der Waals surface area contributed by atoms with Crippen molar-refractivity contribution in [2.24, 2.45) is 23.7 Å². The van der Waals surface area contributed by atoms with Crippen molar-refractivity contribution in [3.63, 3.8) is 0 Å². The molecule has 4 aliphatic carbocycles. The smallest absolute Gasteiger partial charge is 0.208 e. The van der Waals surface area contributed by atoms with Crippen molar-refractivity contribution < 1.29 is 8.42 Å². The summed E-state index contributed by atoms with van der Waals surface area (Å²) in [4.78, 5) is 0.420. The molecule has 4 aliphatic rings. The summed E-state index contributed by atoms with van der Waals surface area (Å²) in [6, 6.07) is 7.66. The van der Waals surface area contributed by atoms with Crippen LogP contribution in [0.3, 0.4) is 0 Å². The van der Waals surface area contributed by atoms with Crippen LogP contribution in [0.2, 0.25) is 0 Å². The first-order valence-corrected chi connectivity index (χ1v) is 11.1. The highest BCUT2D eigenvalue weighted by Crippen LogP contribution is 2.53. The predicted octanol–water partition coefficient (Wildman–Crippen LogP) is 4.30. The summed E-state index contributed by atoms with van der Waals surface area (Å²) in [5.74, 6) is 3.33. The highest BCUT2D eigenvalue weighted by atomic mass is 32.2. The number of hydrogen-bond donors (Lipinski definition) is 1. The third-order valence-electron chi connectivity index (χ3n) is 6.89. The number of rotatable bonds is 5. The first-order chi connectivity index (χ1) is 11.5. The molecule has 0 spiro atoms. The van der Waals surface area contributed by atoms with Crippen LogP contribution in [0.1, 0.15) is 63.9 Å². The van der Waals surface area contributed by atoms with E-state index in [0.717, 1.165) is 18.3 Å². The SMILES string of the molecule is CCC(C)c1ccc(S(=O)(=O)NC2C3CC4CC(C3)CC2C4)cc1. The van der Waals surface area contributed by atoms with E-state index < -0.39 is 10.0 Å². The van der Waals surface area contributed by atoms with Gasteiger partial charge in [-0.05, 0) is 85.8 Å². The molecule has 0 amide bonds. The topological polar surface area (TPSA) is 46.2 Å². The fourth-order valence-electron chi connectivity index (χ4n) is 5.58. The van der Waals surface area contributed by atoms with Gasteiger partial charge in [-0.3, -0.25) is 0 Å². The monoisotopic (exact) mass is 347 g/mol. The van der Waals surface area contributed by atoms with Gasteiger partial charge >= 0.3 is 0 Å². The Morgan fingerprint density at radius 1 is 1.00 bits per heavy atom. The largest absolute Gasteiger partial charge is 0.240 e. The lowest BCUT2D eigenvalue weighted by molar-refractivity contribution is -0.00557. The van der Waals surface area contributed by atoms with Crippen LogP contribution in [0.5, 0.6) is 0 Å². The molecule has 1 aromatic carbocycles. The van der Waals surface area contributed by atoms with Gasteiger partial charge in [0.05, 0.1) is 4.90 Å². The normalized spacial score (nSPS) is 36.0. The van der Waals surface area contributed by atoms with Crippen molar-refractivity contribution in [1.82, 2.24) is 4.72 Å². The molecule has 5 rings (SSSR count). The number of hydrogen-bond acceptors (Lipinski definition) is 2. The van der Waals surface area contributed by atoms with Gasteiger partial charge in [0.2, 0.25) is 10.0 Å². The fourth-order valence-corrected chi connectivity index (χ4v) is 6.95. The van der Waals surface area contributed by atoms with Crippen molar-refractivity contribution in [1.29, 1.82) is 0 Å². The maximum Gasteiger partial charge on any atom is 0.240 e. The lowest BCUT2D eigenvalue weighted by Crippen LogP contribution is -2.55. The van der Waals surface area contributed by atoms with Gasteiger partial charge in [0, 0.05) is 6.04 Å². The number of benzene rings is 1. The molecular weight excluding hydrogens is 318 g/mol. The minimum atomic E-state index is -3.40. The van der Waals surface area contributed by atoms with E-state index in [1.165, 1.54) is 37.7 Å². The van der Waals surface area contributed by atoms with E-state index >= 15 is 0 Å². The Bertz CT molecular complexity index is 667. The van der Waals surface area contributed by atoms with E-state index in [4.69, 9.17) is 0 Å². The van der Waals surface area contributed by atoms with Crippen LogP contribution >= 0.6 is 0 Å². The lowest BCUT2D eigenvalue weighted by Gasteiger charge is -2.54. The molecule has 24 heavy (non-hydrogen) atoms. The summed E-state index contributed by atoms with van der Waals surface area (Å²) in [6.45, 7) is 4.33. The summed E-state index contributed by atoms with van der Waals surface area (Å²) in [5, 5.41) is 0. The van der Waals surface area contributed by atoms with E-state index in [-0.39, 0.29) is 6.04 Å². The van der Waals surface area contributed by atoms with E-state index in [0.29, 0.717) is 22.6 Å². The molecule has 0 radical (unpaired) electrons. The fraction of sp³-hybridized carbons (Fsp3) is 0.700. The van der Waals surface area contributed by atoms with Crippen molar-refractivity contribution in [2.45, 2.75) is 69.2 Å². The van der Waals surface area contributed by atoms with Gasteiger partial charge in [-0.2, -0.15) is 0 Å². The van der Waals surface area contributed by atoms with Crippen LogP contribution in [0.15, 0.2) is 29.2 Å². The second-order valence-corrected chi connectivity index (χ2v) is 10.2. The van der Waals surface area contributed by atoms with Gasteiger partial charge in [-0.15, -0.1) is 0 Å². The zero-order valence-electron chi connectivity index (χ0n) is 14.7. The van der Waals surface area contributed by atoms with Crippen LogP contribution < -0.4 is 4.72 Å². The van der Waals surface area contributed by atoms with Gasteiger partial charge < -0.3 is 0 Å². The molecule has 4 heteroatoms. The zero-order chi connectivity index (χ0) is 16.9. The summed E-state index contributed by atoms with van der Waals surface area (Å²) in [7, 11) is -3.40. The molecule has 0 heterocycles. The van der Waals surface area contributed by atoms with Gasteiger partial charge in [-0.25, -0.2) is 13.1 Å². The average Bonchev–Trinajstić information content (AvgIpc) is 2.57. The van der Waals surface area contributed by atoms with Gasteiger partial charge in [-0.1, -0.05) is 26.0 Å². The van der Waals surface area contributed by atoms with Crippen molar-refractivity contribution in [3.05, 3.63) is 29.8 Å². The molecule has 0 aliphatic heterocycles. The molecule has 1 N–H and O–H groups in total. The van der Waals surface area contributed by atoms with Crippen LogP contribution in [0.4, 0.5) is 0 Å². The van der Waals surface area contributed by atoms with E-state index in [1.54, 1.807) is 12.1 Å². The molecule has 4 fully saturated rings.